The van der Waals surface area contributed by atoms with Crippen molar-refractivity contribution in [2.75, 3.05) is 11.9 Å². The van der Waals surface area contributed by atoms with Crippen LogP contribution in [0.5, 0.6) is 0 Å². The number of carbonyl (C=O) groups is 2. The summed E-state index contributed by atoms with van der Waals surface area (Å²) in [5.41, 5.74) is 4.50. The number of benzene rings is 1. The molecule has 0 bridgehead atoms. The molecular formula is C21H26N4O3. The maximum Gasteiger partial charge on any atom is 0.253 e. The third-order valence-electron chi connectivity index (χ3n) is 5.42. The van der Waals surface area contributed by atoms with Crippen molar-refractivity contribution in [3.8, 4) is 0 Å². The van der Waals surface area contributed by atoms with E-state index in [1.165, 1.54) is 30.5 Å². The van der Waals surface area contributed by atoms with Crippen molar-refractivity contribution in [3.05, 3.63) is 46.8 Å². The lowest BCUT2D eigenvalue weighted by Gasteiger charge is -2.11. The fourth-order valence-electron chi connectivity index (χ4n) is 3.88. The van der Waals surface area contributed by atoms with Gasteiger partial charge in [0.1, 0.15) is 6.10 Å². The van der Waals surface area contributed by atoms with E-state index in [4.69, 9.17) is 4.74 Å². The maximum atomic E-state index is 12.6. The quantitative estimate of drug-likeness (QED) is 0.693. The highest BCUT2D eigenvalue weighted by molar-refractivity contribution is 5.98. The number of rotatable bonds is 5. The van der Waals surface area contributed by atoms with Crippen LogP contribution in [0.3, 0.4) is 0 Å². The van der Waals surface area contributed by atoms with Crippen molar-refractivity contribution >= 4 is 17.5 Å². The van der Waals surface area contributed by atoms with Crippen molar-refractivity contribution in [2.24, 2.45) is 0 Å². The normalized spacial score (nSPS) is 18.9. The smallest absolute Gasteiger partial charge is 0.253 e. The molecule has 1 aliphatic carbocycles. The number of aryl methyl sites for hydroxylation is 1. The number of aromatic amines is 1. The summed E-state index contributed by atoms with van der Waals surface area (Å²) in [6, 6.07) is 6.97. The van der Waals surface area contributed by atoms with Gasteiger partial charge in [-0.2, -0.15) is 5.10 Å². The van der Waals surface area contributed by atoms with Gasteiger partial charge in [0.05, 0.1) is 12.2 Å². The monoisotopic (exact) mass is 382 g/mol. The summed E-state index contributed by atoms with van der Waals surface area (Å²) in [5.74, 6) is -0.340. The molecule has 1 aromatic carbocycles. The van der Waals surface area contributed by atoms with Crippen molar-refractivity contribution in [2.45, 2.75) is 57.6 Å². The van der Waals surface area contributed by atoms with Crippen LogP contribution in [-0.4, -0.2) is 34.7 Å². The van der Waals surface area contributed by atoms with Gasteiger partial charge < -0.3 is 15.4 Å². The number of ether oxygens (including phenoxy) is 1. The van der Waals surface area contributed by atoms with Gasteiger partial charge in [-0.25, -0.2) is 0 Å². The molecule has 148 valence electrons. The van der Waals surface area contributed by atoms with E-state index < -0.39 is 6.10 Å². The van der Waals surface area contributed by atoms with E-state index in [1.807, 2.05) is 0 Å². The van der Waals surface area contributed by atoms with Crippen molar-refractivity contribution in [1.82, 2.24) is 15.5 Å². The van der Waals surface area contributed by atoms with Crippen LogP contribution in [0, 0.1) is 0 Å². The highest BCUT2D eigenvalue weighted by Gasteiger charge is 2.23. The molecule has 2 heterocycles. The summed E-state index contributed by atoms with van der Waals surface area (Å²) in [4.78, 5) is 24.8. The van der Waals surface area contributed by atoms with Crippen LogP contribution in [0.15, 0.2) is 24.3 Å². The molecule has 2 amide bonds. The fraction of sp³-hybridized carbons (Fsp3) is 0.476. The third kappa shape index (κ3) is 4.25. The average molecular weight is 382 g/mol. The zero-order valence-electron chi connectivity index (χ0n) is 15.9. The first kappa shape index (κ1) is 18.7. The van der Waals surface area contributed by atoms with Crippen LogP contribution in [0.2, 0.25) is 0 Å². The standard InChI is InChI=1S/C21H26N4O3/c26-20(22-13-18-16-8-2-1-3-9-17(16)24-25-18)14-6-4-7-15(12-14)23-21(27)19-10-5-11-28-19/h4,6-7,12,19H,1-3,5,8-11,13H2,(H,22,26)(H,23,27)(H,24,25). The second-order valence-corrected chi connectivity index (χ2v) is 7.44. The summed E-state index contributed by atoms with van der Waals surface area (Å²) < 4.78 is 5.40. The van der Waals surface area contributed by atoms with Crippen LogP contribution in [0.25, 0.3) is 0 Å². The molecule has 7 nitrogen and oxygen atoms in total. The third-order valence-corrected chi connectivity index (χ3v) is 5.42. The Kier molecular flexibility index (Phi) is 5.71. The molecule has 4 rings (SSSR count). The fourth-order valence-corrected chi connectivity index (χ4v) is 3.88. The largest absolute Gasteiger partial charge is 0.368 e. The van der Waals surface area contributed by atoms with Gasteiger partial charge in [-0.05, 0) is 62.3 Å². The summed E-state index contributed by atoms with van der Waals surface area (Å²) in [7, 11) is 0. The van der Waals surface area contributed by atoms with Crippen LogP contribution in [0.1, 0.15) is 59.4 Å². The van der Waals surface area contributed by atoms with Gasteiger partial charge >= 0.3 is 0 Å². The van der Waals surface area contributed by atoms with Crippen LogP contribution >= 0.6 is 0 Å². The Labute approximate surface area is 164 Å². The van der Waals surface area contributed by atoms with Gasteiger partial charge in [0, 0.05) is 23.6 Å². The minimum Gasteiger partial charge on any atom is -0.368 e. The lowest BCUT2D eigenvalue weighted by atomic mass is 10.1. The van der Waals surface area contributed by atoms with E-state index >= 15 is 0 Å². The number of hydrogen-bond donors (Lipinski definition) is 3. The predicted octanol–water partition coefficient (Wildman–Crippen LogP) is 2.73. The van der Waals surface area contributed by atoms with Crippen molar-refractivity contribution < 1.29 is 14.3 Å². The van der Waals surface area contributed by atoms with Gasteiger partial charge in [0.2, 0.25) is 0 Å². The Morgan fingerprint density at radius 3 is 2.93 bits per heavy atom. The molecule has 2 aromatic rings. The molecule has 1 saturated heterocycles. The van der Waals surface area contributed by atoms with Crippen molar-refractivity contribution in [1.29, 1.82) is 0 Å². The Morgan fingerprint density at radius 1 is 1.18 bits per heavy atom. The SMILES string of the molecule is O=C(NCc1n[nH]c2c1CCCCC2)c1cccc(NC(=O)C2CCCO2)c1. The number of nitrogens with zero attached hydrogens (tertiary/aromatic N) is 1. The van der Waals surface area contributed by atoms with E-state index in [-0.39, 0.29) is 11.8 Å². The number of anilines is 1. The lowest BCUT2D eigenvalue weighted by molar-refractivity contribution is -0.124. The minimum absolute atomic E-state index is 0.158. The number of nitrogens with one attached hydrogen (secondary N) is 3. The van der Waals surface area contributed by atoms with Gasteiger partial charge in [-0.3, -0.25) is 14.7 Å². The van der Waals surface area contributed by atoms with Crippen LogP contribution in [-0.2, 0) is 28.9 Å². The second-order valence-electron chi connectivity index (χ2n) is 7.44. The Morgan fingerprint density at radius 2 is 2.07 bits per heavy atom. The molecule has 0 spiro atoms. The van der Waals surface area contributed by atoms with E-state index in [0.717, 1.165) is 31.4 Å². The topological polar surface area (TPSA) is 96.1 Å². The van der Waals surface area contributed by atoms with E-state index in [2.05, 4.69) is 20.8 Å². The first-order valence-corrected chi connectivity index (χ1v) is 10.1. The molecule has 28 heavy (non-hydrogen) atoms. The van der Waals surface area contributed by atoms with Crippen molar-refractivity contribution in [3.63, 3.8) is 0 Å². The zero-order valence-corrected chi connectivity index (χ0v) is 15.9. The summed E-state index contributed by atoms with van der Waals surface area (Å²) in [6.07, 6.45) is 6.87. The lowest BCUT2D eigenvalue weighted by Crippen LogP contribution is -2.27. The van der Waals surface area contributed by atoms with E-state index in [0.29, 0.717) is 24.4 Å². The van der Waals surface area contributed by atoms with E-state index in [1.54, 1.807) is 24.3 Å². The van der Waals surface area contributed by atoms with Crippen LogP contribution < -0.4 is 10.6 Å². The number of aromatic nitrogens is 2. The minimum atomic E-state index is -0.396. The zero-order chi connectivity index (χ0) is 19.3. The Balaban J connectivity index is 1.37. The number of carbonyl (C=O) groups excluding carboxylic acids is 2. The maximum absolute atomic E-state index is 12.6. The first-order chi connectivity index (χ1) is 13.7. The van der Waals surface area contributed by atoms with E-state index in [9.17, 15) is 9.59 Å². The molecule has 1 unspecified atom stereocenters. The van der Waals surface area contributed by atoms with Gasteiger partial charge in [-0.15, -0.1) is 0 Å². The predicted molar refractivity (Wildman–Crippen MR) is 105 cm³/mol. The molecule has 1 aliphatic heterocycles. The first-order valence-electron chi connectivity index (χ1n) is 10.1. The highest BCUT2D eigenvalue weighted by Crippen LogP contribution is 2.22. The summed E-state index contributed by atoms with van der Waals surface area (Å²) in [6.45, 7) is 1.02. The molecular weight excluding hydrogens is 356 g/mol. The molecule has 2 aliphatic rings. The van der Waals surface area contributed by atoms with Gasteiger partial charge in [0.15, 0.2) is 0 Å². The number of hydrogen-bond acceptors (Lipinski definition) is 4. The van der Waals surface area contributed by atoms with Gasteiger partial charge in [-0.1, -0.05) is 12.5 Å². The molecule has 1 aromatic heterocycles. The van der Waals surface area contributed by atoms with Gasteiger partial charge in [0.25, 0.3) is 11.8 Å². The Hall–Kier alpha value is -2.67. The molecule has 0 radical (unpaired) electrons. The molecule has 7 heteroatoms. The molecule has 1 fully saturated rings. The number of fused-ring (bicyclic) bond motifs is 1. The summed E-state index contributed by atoms with van der Waals surface area (Å²) in [5, 5.41) is 13.3. The number of H-pyrrole nitrogens is 1. The average Bonchev–Trinajstić information content (AvgIpc) is 3.32. The molecule has 1 atom stereocenters. The summed E-state index contributed by atoms with van der Waals surface area (Å²) >= 11 is 0. The molecule has 0 saturated carbocycles. The Bertz CT molecular complexity index is 855. The number of amides is 2. The molecule has 3 N–H and O–H groups in total. The second kappa shape index (κ2) is 8.56. The van der Waals surface area contributed by atoms with Crippen LogP contribution in [0.4, 0.5) is 5.69 Å². The highest BCUT2D eigenvalue weighted by atomic mass is 16.5.